The summed E-state index contributed by atoms with van der Waals surface area (Å²) in [6, 6.07) is 0.677. The first-order valence-corrected chi connectivity index (χ1v) is 8.29. The lowest BCUT2D eigenvalue weighted by Gasteiger charge is -2.45. The highest BCUT2D eigenvalue weighted by atomic mass is 16.2. The summed E-state index contributed by atoms with van der Waals surface area (Å²) in [6.45, 7) is 4.77. The molecule has 2 unspecified atom stereocenters. The molecule has 8 atom stereocenters. The van der Waals surface area contributed by atoms with E-state index in [9.17, 15) is 9.59 Å². The third-order valence-corrected chi connectivity index (χ3v) is 8.52. The molecule has 21 heavy (non-hydrogen) atoms. The van der Waals surface area contributed by atoms with Crippen molar-refractivity contribution < 1.29 is 0 Å². The minimum atomic E-state index is -0.0701. The standard InChI is InChI=1S/C16H19N3O2/c1-14(2)4-15-9-6-7-8(6)11(16(9,15)5-14)19-13(21)17(3)12(20)18(19)10(7)15/h6-11H,4-5H2,1-3H3/t6?,7-,8+,9?,10-,11+,15-,16-/m0/s1. The minimum Gasteiger partial charge on any atom is -0.246 e. The lowest BCUT2D eigenvalue weighted by molar-refractivity contribution is 0.0178. The van der Waals surface area contributed by atoms with Gasteiger partial charge in [-0.2, -0.15) is 0 Å². The number of nitrogens with zero attached hydrogens (tertiary/aromatic N) is 3. The summed E-state index contributed by atoms with van der Waals surface area (Å²) >= 11 is 0. The number of hydrogen-bond acceptors (Lipinski definition) is 2. The van der Waals surface area contributed by atoms with Crippen molar-refractivity contribution in [2.75, 3.05) is 0 Å². The van der Waals surface area contributed by atoms with Gasteiger partial charge in [-0.1, -0.05) is 13.8 Å². The molecule has 110 valence electrons. The number of hydrogen-bond donors (Lipinski definition) is 0. The van der Waals surface area contributed by atoms with Gasteiger partial charge in [-0.3, -0.25) is 0 Å². The average molecular weight is 285 g/mol. The highest BCUT2D eigenvalue weighted by molar-refractivity contribution is 5.51. The van der Waals surface area contributed by atoms with Crippen LogP contribution in [0.15, 0.2) is 9.59 Å². The van der Waals surface area contributed by atoms with Crippen molar-refractivity contribution in [3.05, 3.63) is 21.0 Å². The summed E-state index contributed by atoms with van der Waals surface area (Å²) in [4.78, 5) is 25.2. The Labute approximate surface area is 121 Å². The van der Waals surface area contributed by atoms with Gasteiger partial charge >= 0.3 is 11.4 Å². The van der Waals surface area contributed by atoms with Crippen molar-refractivity contribution in [3.63, 3.8) is 0 Å². The molecule has 5 heteroatoms. The van der Waals surface area contributed by atoms with Gasteiger partial charge < -0.3 is 0 Å². The molecular weight excluding hydrogens is 266 g/mol. The molecule has 5 saturated carbocycles. The van der Waals surface area contributed by atoms with Crippen molar-refractivity contribution >= 4 is 0 Å². The maximum absolute atomic E-state index is 12.6. The van der Waals surface area contributed by atoms with Crippen molar-refractivity contribution in [2.45, 2.75) is 38.8 Å². The maximum Gasteiger partial charge on any atom is 0.347 e. The zero-order valence-electron chi connectivity index (χ0n) is 12.5. The second-order valence-electron chi connectivity index (χ2n) is 9.51. The van der Waals surface area contributed by atoms with Crippen LogP contribution in [-0.4, -0.2) is 13.9 Å². The van der Waals surface area contributed by atoms with E-state index in [1.165, 1.54) is 17.4 Å². The van der Waals surface area contributed by atoms with E-state index in [2.05, 4.69) is 13.8 Å². The van der Waals surface area contributed by atoms with Gasteiger partial charge in [0.1, 0.15) is 0 Å². The summed E-state index contributed by atoms with van der Waals surface area (Å²) in [5.41, 5.74) is 0.995. The normalized spacial score (nSPS) is 60.9. The van der Waals surface area contributed by atoms with E-state index in [-0.39, 0.29) is 11.4 Å². The van der Waals surface area contributed by atoms with Crippen LogP contribution in [0.3, 0.4) is 0 Å². The first-order chi connectivity index (χ1) is 9.88. The fourth-order valence-corrected chi connectivity index (χ4v) is 8.90. The van der Waals surface area contributed by atoms with Crippen LogP contribution in [0, 0.1) is 39.9 Å². The molecule has 0 amide bonds. The van der Waals surface area contributed by atoms with Gasteiger partial charge in [-0.05, 0) is 41.9 Å². The van der Waals surface area contributed by atoms with Crippen LogP contribution in [-0.2, 0) is 7.05 Å². The smallest absolute Gasteiger partial charge is 0.246 e. The Bertz CT molecular complexity index is 836. The van der Waals surface area contributed by atoms with Gasteiger partial charge in [0.2, 0.25) is 0 Å². The summed E-state index contributed by atoms with van der Waals surface area (Å²) in [5, 5.41) is 0. The van der Waals surface area contributed by atoms with Gasteiger partial charge in [-0.15, -0.1) is 0 Å². The minimum absolute atomic E-state index is 0.0701. The van der Waals surface area contributed by atoms with Gasteiger partial charge in [0, 0.05) is 17.9 Å². The van der Waals surface area contributed by atoms with Crippen molar-refractivity contribution in [1.82, 2.24) is 13.9 Å². The van der Waals surface area contributed by atoms with Crippen LogP contribution in [0.5, 0.6) is 0 Å². The quantitative estimate of drug-likeness (QED) is 0.706. The summed E-state index contributed by atoms with van der Waals surface area (Å²) in [6.07, 6.45) is 2.53. The topological polar surface area (TPSA) is 48.9 Å². The van der Waals surface area contributed by atoms with Crippen molar-refractivity contribution in [1.29, 1.82) is 0 Å². The van der Waals surface area contributed by atoms with E-state index in [0.717, 1.165) is 23.7 Å². The zero-order valence-corrected chi connectivity index (χ0v) is 12.5. The predicted octanol–water partition coefficient (Wildman–Crippen LogP) is 0.756. The molecule has 1 aromatic rings. The molecule has 2 spiro atoms. The Morgan fingerprint density at radius 3 is 1.86 bits per heavy atom. The monoisotopic (exact) mass is 285 g/mol. The van der Waals surface area contributed by atoms with Gasteiger partial charge in [0.05, 0.1) is 12.1 Å². The molecule has 0 aromatic carbocycles. The van der Waals surface area contributed by atoms with Crippen LogP contribution in [0.25, 0.3) is 0 Å². The first kappa shape index (κ1) is 10.5. The fraction of sp³-hybridized carbons (Fsp3) is 0.875. The zero-order chi connectivity index (χ0) is 14.3. The Morgan fingerprint density at radius 2 is 1.38 bits per heavy atom. The molecule has 5 aliphatic carbocycles. The SMILES string of the molecule is Cn1c(=O)n2n(c1=O)[C@@H]1[C@@H]3C4C5[C@@]6(CC(C)(C)C[C@]516)[C@@H]2[C@@H]43. The third kappa shape index (κ3) is 0.624. The molecule has 2 aliphatic heterocycles. The summed E-state index contributed by atoms with van der Waals surface area (Å²) < 4.78 is 5.14. The van der Waals surface area contributed by atoms with E-state index in [4.69, 9.17) is 0 Å². The van der Waals surface area contributed by atoms with Crippen LogP contribution < -0.4 is 11.4 Å². The van der Waals surface area contributed by atoms with Crippen LogP contribution >= 0.6 is 0 Å². The highest BCUT2D eigenvalue weighted by Crippen LogP contribution is 3.06. The lowest BCUT2D eigenvalue weighted by Crippen LogP contribution is -2.51. The molecule has 8 rings (SSSR count). The molecule has 2 bridgehead atoms. The Morgan fingerprint density at radius 1 is 0.905 bits per heavy atom. The Kier molecular flexibility index (Phi) is 1.10. The molecule has 1 aromatic heterocycles. The van der Waals surface area contributed by atoms with Gasteiger partial charge in [0.25, 0.3) is 0 Å². The maximum atomic E-state index is 12.6. The van der Waals surface area contributed by atoms with E-state index in [1.807, 2.05) is 9.36 Å². The van der Waals surface area contributed by atoms with Crippen LogP contribution in [0.1, 0.15) is 38.8 Å². The highest BCUT2D eigenvalue weighted by Gasteiger charge is 3.04. The van der Waals surface area contributed by atoms with E-state index < -0.39 is 0 Å². The van der Waals surface area contributed by atoms with Gasteiger partial charge in [-0.25, -0.2) is 23.5 Å². The molecule has 3 heterocycles. The lowest BCUT2D eigenvalue weighted by atomic mass is 9.73. The summed E-state index contributed by atoms with van der Waals surface area (Å²) in [5.74, 6) is 3.11. The molecule has 0 saturated heterocycles. The third-order valence-electron chi connectivity index (χ3n) is 8.52. The Balaban J connectivity index is 1.64. The average Bonchev–Trinajstić information content (AvgIpc) is 3.05. The molecule has 0 N–H and O–H groups in total. The predicted molar refractivity (Wildman–Crippen MR) is 73.8 cm³/mol. The number of rotatable bonds is 0. The molecular formula is C16H19N3O2. The van der Waals surface area contributed by atoms with Crippen LogP contribution in [0.4, 0.5) is 0 Å². The first-order valence-electron chi connectivity index (χ1n) is 8.29. The van der Waals surface area contributed by atoms with Gasteiger partial charge in [0.15, 0.2) is 0 Å². The van der Waals surface area contributed by atoms with Crippen molar-refractivity contribution in [2.24, 2.45) is 47.0 Å². The van der Waals surface area contributed by atoms with Crippen LogP contribution in [0.2, 0.25) is 0 Å². The van der Waals surface area contributed by atoms with E-state index in [0.29, 0.717) is 28.3 Å². The van der Waals surface area contributed by atoms with E-state index in [1.54, 1.807) is 7.05 Å². The molecule has 5 nitrogen and oxygen atoms in total. The molecule has 0 radical (unpaired) electrons. The Hall–Kier alpha value is -1.26. The number of aromatic nitrogens is 3. The van der Waals surface area contributed by atoms with E-state index >= 15 is 0 Å². The molecule has 5 fully saturated rings. The summed E-state index contributed by atoms with van der Waals surface area (Å²) in [7, 11) is 1.64. The second-order valence-corrected chi connectivity index (χ2v) is 9.51. The van der Waals surface area contributed by atoms with Crippen molar-refractivity contribution in [3.8, 4) is 0 Å². The fourth-order valence-electron chi connectivity index (χ4n) is 8.90. The molecule has 7 aliphatic rings. The second kappa shape index (κ2) is 2.20. The largest absolute Gasteiger partial charge is 0.347 e.